The Hall–Kier alpha value is -0.580. The second-order valence-electron chi connectivity index (χ2n) is 6.13. The Balaban J connectivity index is 2.35. The molecular weight excluding hydrogens is 304 g/mol. The number of aliphatic hydroxyl groups is 1. The third-order valence-electron chi connectivity index (χ3n) is 3.99. The Morgan fingerprint density at radius 1 is 1.42 bits per heavy atom. The first-order valence-corrected chi connectivity index (χ1v) is 7.49. The van der Waals surface area contributed by atoms with Crippen LogP contribution in [0.3, 0.4) is 0 Å². The van der Waals surface area contributed by atoms with Crippen molar-refractivity contribution in [3.8, 4) is 0 Å². The molecule has 1 saturated heterocycles. The molecule has 106 valence electrons. The molecule has 4 heteroatoms. The molecule has 1 N–H and O–H groups in total. The van der Waals surface area contributed by atoms with Crippen molar-refractivity contribution >= 4 is 21.6 Å². The third-order valence-corrected chi connectivity index (χ3v) is 4.62. The van der Waals surface area contributed by atoms with Crippen molar-refractivity contribution in [3.05, 3.63) is 28.2 Å². The van der Waals surface area contributed by atoms with Gasteiger partial charge in [0.05, 0.1) is 18.3 Å². The molecule has 1 unspecified atom stereocenters. The zero-order chi connectivity index (χ0) is 14.2. The quantitative estimate of drug-likeness (QED) is 0.905. The lowest BCUT2D eigenvalue weighted by Crippen LogP contribution is -2.63. The first-order chi connectivity index (χ1) is 8.85. The van der Waals surface area contributed by atoms with Crippen LogP contribution in [0.4, 0.5) is 5.69 Å². The highest BCUT2D eigenvalue weighted by Crippen LogP contribution is 2.35. The number of aliphatic hydroxyl groups excluding tert-OH is 1. The summed E-state index contributed by atoms with van der Waals surface area (Å²) in [4.78, 5) is 4.65. The maximum absolute atomic E-state index is 9.53. The fourth-order valence-electron chi connectivity index (χ4n) is 2.87. The standard InChI is InChI=1S/C15H23BrN2O/c1-11-5-6-14(13(16)7-11)18-8-12(9-19)17(4)10-15(18,2)3/h5-7,12,19H,8-10H2,1-4H3. The highest BCUT2D eigenvalue weighted by Gasteiger charge is 2.37. The number of anilines is 1. The average molecular weight is 327 g/mol. The number of hydrogen-bond acceptors (Lipinski definition) is 3. The molecule has 1 aliphatic heterocycles. The number of rotatable bonds is 2. The van der Waals surface area contributed by atoms with Crippen LogP contribution in [0.2, 0.25) is 0 Å². The Labute approximate surface area is 124 Å². The Bertz CT molecular complexity index is 461. The summed E-state index contributed by atoms with van der Waals surface area (Å²) in [5, 5.41) is 9.53. The fourth-order valence-corrected chi connectivity index (χ4v) is 3.58. The first kappa shape index (κ1) is 14.8. The molecule has 0 bridgehead atoms. The van der Waals surface area contributed by atoms with E-state index in [0.29, 0.717) is 0 Å². The molecule has 1 atom stereocenters. The van der Waals surface area contributed by atoms with Gasteiger partial charge in [0.25, 0.3) is 0 Å². The normalized spacial score (nSPS) is 23.7. The van der Waals surface area contributed by atoms with Gasteiger partial charge >= 0.3 is 0 Å². The van der Waals surface area contributed by atoms with Crippen LogP contribution in [0, 0.1) is 6.92 Å². The molecule has 0 aromatic heterocycles. The lowest BCUT2D eigenvalue weighted by molar-refractivity contribution is 0.0980. The molecule has 1 aliphatic rings. The topological polar surface area (TPSA) is 26.7 Å². The number of piperazine rings is 1. The second-order valence-corrected chi connectivity index (χ2v) is 6.98. The second kappa shape index (κ2) is 5.43. The smallest absolute Gasteiger partial charge is 0.0604 e. The number of halogens is 1. The maximum Gasteiger partial charge on any atom is 0.0604 e. The third kappa shape index (κ3) is 2.96. The highest BCUT2D eigenvalue weighted by molar-refractivity contribution is 9.10. The molecule has 1 aromatic rings. The molecule has 3 nitrogen and oxygen atoms in total. The van der Waals surface area contributed by atoms with Gasteiger partial charge < -0.3 is 10.0 Å². The van der Waals surface area contributed by atoms with Gasteiger partial charge in [-0.3, -0.25) is 4.90 Å². The SMILES string of the molecule is Cc1ccc(N2CC(CO)N(C)CC2(C)C)c(Br)c1. The van der Waals surface area contributed by atoms with Crippen molar-refractivity contribution in [3.63, 3.8) is 0 Å². The highest BCUT2D eigenvalue weighted by atomic mass is 79.9. The van der Waals surface area contributed by atoms with Crippen LogP contribution >= 0.6 is 15.9 Å². The van der Waals surface area contributed by atoms with E-state index in [9.17, 15) is 5.11 Å². The Kier molecular flexibility index (Phi) is 4.23. The Morgan fingerprint density at radius 3 is 2.68 bits per heavy atom. The molecular formula is C15H23BrN2O. The number of aryl methyl sites for hydroxylation is 1. The molecule has 0 saturated carbocycles. The van der Waals surface area contributed by atoms with Gasteiger partial charge in [0, 0.05) is 23.1 Å². The summed E-state index contributed by atoms with van der Waals surface area (Å²) in [5.74, 6) is 0. The Morgan fingerprint density at radius 2 is 2.11 bits per heavy atom. The van der Waals surface area contributed by atoms with Crippen molar-refractivity contribution < 1.29 is 5.11 Å². The summed E-state index contributed by atoms with van der Waals surface area (Å²) in [6, 6.07) is 6.65. The van der Waals surface area contributed by atoms with E-state index in [1.54, 1.807) is 0 Å². The average Bonchev–Trinajstić information content (AvgIpc) is 2.29. The van der Waals surface area contributed by atoms with Crippen LogP contribution in [0.5, 0.6) is 0 Å². The van der Waals surface area contributed by atoms with Gasteiger partial charge in [-0.2, -0.15) is 0 Å². The van der Waals surface area contributed by atoms with E-state index < -0.39 is 0 Å². The van der Waals surface area contributed by atoms with Crippen LogP contribution in [0.15, 0.2) is 22.7 Å². The minimum Gasteiger partial charge on any atom is -0.395 e. The van der Waals surface area contributed by atoms with Crippen molar-refractivity contribution in [1.82, 2.24) is 4.90 Å². The predicted molar refractivity (Wildman–Crippen MR) is 83.8 cm³/mol. The van der Waals surface area contributed by atoms with E-state index in [0.717, 1.165) is 17.6 Å². The van der Waals surface area contributed by atoms with Crippen molar-refractivity contribution in [1.29, 1.82) is 0 Å². The van der Waals surface area contributed by atoms with Crippen LogP contribution < -0.4 is 4.90 Å². The molecule has 1 aromatic carbocycles. The van der Waals surface area contributed by atoms with Gasteiger partial charge in [-0.15, -0.1) is 0 Å². The molecule has 1 fully saturated rings. The predicted octanol–water partition coefficient (Wildman–Crippen LogP) is 2.65. The lowest BCUT2D eigenvalue weighted by atomic mass is 9.95. The van der Waals surface area contributed by atoms with Crippen LogP contribution in [0.25, 0.3) is 0 Å². The first-order valence-electron chi connectivity index (χ1n) is 6.70. The largest absolute Gasteiger partial charge is 0.395 e. The van der Waals surface area contributed by atoms with Crippen molar-refractivity contribution in [2.45, 2.75) is 32.4 Å². The van der Waals surface area contributed by atoms with E-state index in [-0.39, 0.29) is 18.2 Å². The van der Waals surface area contributed by atoms with E-state index >= 15 is 0 Å². The van der Waals surface area contributed by atoms with E-state index in [1.807, 2.05) is 0 Å². The summed E-state index contributed by atoms with van der Waals surface area (Å²) in [7, 11) is 2.09. The maximum atomic E-state index is 9.53. The van der Waals surface area contributed by atoms with Crippen molar-refractivity contribution in [2.75, 3.05) is 31.6 Å². The van der Waals surface area contributed by atoms with Gasteiger partial charge in [0.1, 0.15) is 0 Å². The number of hydrogen-bond donors (Lipinski definition) is 1. The van der Waals surface area contributed by atoms with Gasteiger partial charge in [-0.05, 0) is 61.4 Å². The van der Waals surface area contributed by atoms with Gasteiger partial charge in [0.15, 0.2) is 0 Å². The van der Waals surface area contributed by atoms with Gasteiger partial charge in [-0.25, -0.2) is 0 Å². The summed E-state index contributed by atoms with van der Waals surface area (Å²) in [5.41, 5.74) is 2.52. The number of likely N-dealkylation sites (N-methyl/N-ethyl adjacent to an activating group) is 1. The monoisotopic (exact) mass is 326 g/mol. The molecule has 0 spiro atoms. The molecule has 2 rings (SSSR count). The summed E-state index contributed by atoms with van der Waals surface area (Å²) < 4.78 is 1.13. The summed E-state index contributed by atoms with van der Waals surface area (Å²) in [6.07, 6.45) is 0. The van der Waals surface area contributed by atoms with Gasteiger partial charge in [-0.1, -0.05) is 6.07 Å². The summed E-state index contributed by atoms with van der Waals surface area (Å²) in [6.45, 7) is 8.60. The van der Waals surface area contributed by atoms with E-state index in [2.05, 4.69) is 71.7 Å². The zero-order valence-electron chi connectivity index (χ0n) is 12.2. The lowest BCUT2D eigenvalue weighted by Gasteiger charge is -2.51. The molecule has 0 aliphatic carbocycles. The minimum atomic E-state index is 0.0538. The molecule has 0 amide bonds. The zero-order valence-corrected chi connectivity index (χ0v) is 13.7. The molecule has 0 radical (unpaired) electrons. The minimum absolute atomic E-state index is 0.0538. The van der Waals surface area contributed by atoms with Crippen molar-refractivity contribution in [2.24, 2.45) is 0 Å². The number of nitrogens with zero attached hydrogens (tertiary/aromatic N) is 2. The van der Waals surface area contributed by atoms with Gasteiger partial charge in [0.2, 0.25) is 0 Å². The van der Waals surface area contributed by atoms with Crippen LogP contribution in [0.1, 0.15) is 19.4 Å². The van der Waals surface area contributed by atoms with E-state index in [4.69, 9.17) is 0 Å². The molecule has 19 heavy (non-hydrogen) atoms. The van der Waals surface area contributed by atoms with E-state index in [1.165, 1.54) is 11.3 Å². The summed E-state index contributed by atoms with van der Waals surface area (Å²) >= 11 is 3.67. The number of benzene rings is 1. The van der Waals surface area contributed by atoms with Crippen LogP contribution in [-0.4, -0.2) is 48.3 Å². The fraction of sp³-hybridized carbons (Fsp3) is 0.600. The van der Waals surface area contributed by atoms with Crippen LogP contribution in [-0.2, 0) is 0 Å². The molecule has 1 heterocycles.